The topological polar surface area (TPSA) is 96.5 Å². The molecular formula is C24H21N3O4S2. The van der Waals surface area contributed by atoms with Crippen molar-refractivity contribution in [2.45, 2.75) is 4.90 Å². The highest BCUT2D eigenvalue weighted by Gasteiger charge is 2.19. The van der Waals surface area contributed by atoms with Crippen molar-refractivity contribution in [2.75, 3.05) is 22.5 Å². The number of anilines is 3. The molecule has 0 atom stereocenters. The van der Waals surface area contributed by atoms with Gasteiger partial charge in [0.05, 0.1) is 23.4 Å². The first-order valence-corrected chi connectivity index (χ1v) is 12.3. The second-order valence-corrected chi connectivity index (χ2v) is 9.43. The molecule has 4 rings (SSSR count). The molecule has 3 aromatic carbocycles. The minimum absolute atomic E-state index is 0.0259. The van der Waals surface area contributed by atoms with Gasteiger partial charge in [-0.1, -0.05) is 36.4 Å². The number of para-hydroxylation sites is 3. The average molecular weight is 480 g/mol. The lowest BCUT2D eigenvalue weighted by molar-refractivity contribution is 0.262. The third-order valence-corrected chi connectivity index (χ3v) is 6.83. The van der Waals surface area contributed by atoms with Crippen LogP contribution in [0.5, 0.6) is 5.75 Å². The molecule has 168 valence electrons. The Balaban J connectivity index is 1.65. The van der Waals surface area contributed by atoms with Crippen LogP contribution >= 0.6 is 11.3 Å². The van der Waals surface area contributed by atoms with Gasteiger partial charge in [0, 0.05) is 11.3 Å². The Morgan fingerprint density at radius 2 is 1.61 bits per heavy atom. The van der Waals surface area contributed by atoms with E-state index in [-0.39, 0.29) is 4.90 Å². The molecule has 0 aliphatic rings. The molecule has 0 aliphatic carbocycles. The highest BCUT2D eigenvalue weighted by Crippen LogP contribution is 2.33. The maximum Gasteiger partial charge on any atom is 0.323 e. The number of sulfonamides is 1. The standard InChI is InChI=1S/C24H21N3O4S2/c1-31-23-10-6-5-9-21(23)25-24(28)26-22-15-19(11-12-20(22)17-13-14-32-16-17)33(29,30)27-18-7-3-2-4-8-18/h2-16,27H,1H3,(H2,25,26,28). The largest absolute Gasteiger partial charge is 0.495 e. The fraction of sp³-hybridized carbons (Fsp3) is 0.0417. The van der Waals surface area contributed by atoms with Crippen LogP contribution in [0.3, 0.4) is 0 Å². The molecule has 0 saturated heterocycles. The summed E-state index contributed by atoms with van der Waals surface area (Å²) in [5.74, 6) is 0.508. The number of hydrogen-bond acceptors (Lipinski definition) is 5. The molecule has 0 aliphatic heterocycles. The number of nitrogens with one attached hydrogen (secondary N) is 3. The van der Waals surface area contributed by atoms with E-state index >= 15 is 0 Å². The van der Waals surface area contributed by atoms with E-state index in [1.54, 1.807) is 60.7 Å². The number of carbonyl (C=O) groups excluding carboxylic acids is 1. The van der Waals surface area contributed by atoms with Gasteiger partial charge in [0.25, 0.3) is 10.0 Å². The number of benzene rings is 3. The van der Waals surface area contributed by atoms with E-state index < -0.39 is 16.1 Å². The van der Waals surface area contributed by atoms with E-state index in [0.717, 1.165) is 5.56 Å². The van der Waals surface area contributed by atoms with Crippen LogP contribution in [0.4, 0.5) is 21.9 Å². The molecule has 33 heavy (non-hydrogen) atoms. The van der Waals surface area contributed by atoms with Crippen molar-refractivity contribution in [3.63, 3.8) is 0 Å². The third-order valence-electron chi connectivity index (χ3n) is 4.76. The summed E-state index contributed by atoms with van der Waals surface area (Å²) < 4.78 is 33.7. The summed E-state index contributed by atoms with van der Waals surface area (Å²) in [5.41, 5.74) is 2.86. The van der Waals surface area contributed by atoms with E-state index in [2.05, 4.69) is 15.4 Å². The number of hydrogen-bond donors (Lipinski definition) is 3. The SMILES string of the molecule is COc1ccccc1NC(=O)Nc1cc(S(=O)(=O)Nc2ccccc2)ccc1-c1ccsc1. The minimum Gasteiger partial charge on any atom is -0.495 e. The summed E-state index contributed by atoms with van der Waals surface area (Å²) >= 11 is 1.51. The van der Waals surface area contributed by atoms with Crippen molar-refractivity contribution in [1.82, 2.24) is 0 Å². The number of ether oxygens (including phenoxy) is 1. The average Bonchev–Trinajstić information content (AvgIpc) is 3.34. The molecule has 0 bridgehead atoms. The van der Waals surface area contributed by atoms with E-state index in [1.165, 1.54) is 30.6 Å². The second-order valence-electron chi connectivity index (χ2n) is 6.97. The van der Waals surface area contributed by atoms with Gasteiger partial charge < -0.3 is 15.4 Å². The van der Waals surface area contributed by atoms with E-state index in [9.17, 15) is 13.2 Å². The van der Waals surface area contributed by atoms with Crippen LogP contribution in [-0.2, 0) is 10.0 Å². The Labute approximate surface area is 196 Å². The molecule has 4 aromatic rings. The Morgan fingerprint density at radius 1 is 0.879 bits per heavy atom. The Hall–Kier alpha value is -3.82. The van der Waals surface area contributed by atoms with Gasteiger partial charge in [-0.15, -0.1) is 0 Å². The maximum atomic E-state index is 13.0. The first kappa shape index (κ1) is 22.4. The zero-order chi connectivity index (χ0) is 23.3. The van der Waals surface area contributed by atoms with Gasteiger partial charge in [0.1, 0.15) is 5.75 Å². The van der Waals surface area contributed by atoms with Crippen LogP contribution in [-0.4, -0.2) is 21.6 Å². The van der Waals surface area contributed by atoms with Crippen LogP contribution in [0.25, 0.3) is 11.1 Å². The fourth-order valence-electron chi connectivity index (χ4n) is 3.21. The highest BCUT2D eigenvalue weighted by atomic mass is 32.2. The van der Waals surface area contributed by atoms with Gasteiger partial charge in [0.2, 0.25) is 0 Å². The molecule has 2 amide bonds. The summed E-state index contributed by atoms with van der Waals surface area (Å²) in [6.07, 6.45) is 0. The molecule has 0 spiro atoms. The van der Waals surface area contributed by atoms with E-state index in [1.807, 2.05) is 16.8 Å². The van der Waals surface area contributed by atoms with Crippen LogP contribution in [0.15, 0.2) is 94.5 Å². The summed E-state index contributed by atoms with van der Waals surface area (Å²) in [7, 11) is -2.35. The Kier molecular flexibility index (Phi) is 6.62. The van der Waals surface area contributed by atoms with Crippen molar-refractivity contribution in [3.05, 3.63) is 89.6 Å². The zero-order valence-electron chi connectivity index (χ0n) is 17.6. The number of urea groups is 1. The van der Waals surface area contributed by atoms with Crippen LogP contribution in [0.1, 0.15) is 0 Å². The van der Waals surface area contributed by atoms with Gasteiger partial charge in [0.15, 0.2) is 0 Å². The predicted molar refractivity (Wildman–Crippen MR) is 133 cm³/mol. The van der Waals surface area contributed by atoms with Crippen LogP contribution < -0.4 is 20.1 Å². The fourth-order valence-corrected chi connectivity index (χ4v) is 4.95. The third kappa shape index (κ3) is 5.33. The number of carbonyl (C=O) groups is 1. The number of thiophene rings is 1. The van der Waals surface area contributed by atoms with Gasteiger partial charge in [-0.25, -0.2) is 13.2 Å². The summed E-state index contributed by atoms with van der Waals surface area (Å²) in [5, 5.41) is 9.36. The minimum atomic E-state index is -3.87. The highest BCUT2D eigenvalue weighted by molar-refractivity contribution is 7.92. The van der Waals surface area contributed by atoms with E-state index in [0.29, 0.717) is 28.4 Å². The first-order chi connectivity index (χ1) is 16.0. The molecular weight excluding hydrogens is 458 g/mol. The molecule has 3 N–H and O–H groups in total. The predicted octanol–water partition coefficient (Wildman–Crippen LogP) is 5.87. The van der Waals surface area contributed by atoms with Crippen LogP contribution in [0.2, 0.25) is 0 Å². The Morgan fingerprint density at radius 3 is 2.33 bits per heavy atom. The summed E-state index contributed by atoms with van der Waals surface area (Å²) in [6, 6.07) is 21.6. The first-order valence-electron chi connectivity index (χ1n) is 9.92. The monoisotopic (exact) mass is 479 g/mol. The second kappa shape index (κ2) is 9.76. The molecule has 1 heterocycles. The van der Waals surface area contributed by atoms with Crippen molar-refractivity contribution >= 4 is 44.5 Å². The van der Waals surface area contributed by atoms with Crippen molar-refractivity contribution in [3.8, 4) is 16.9 Å². The molecule has 7 nitrogen and oxygen atoms in total. The molecule has 0 unspecified atom stereocenters. The van der Waals surface area contributed by atoms with Crippen molar-refractivity contribution in [2.24, 2.45) is 0 Å². The quantitative estimate of drug-likeness (QED) is 0.309. The van der Waals surface area contributed by atoms with Crippen molar-refractivity contribution < 1.29 is 17.9 Å². The van der Waals surface area contributed by atoms with Crippen LogP contribution in [0, 0.1) is 0 Å². The number of rotatable bonds is 7. The normalized spacial score (nSPS) is 10.9. The van der Waals surface area contributed by atoms with E-state index in [4.69, 9.17) is 4.74 Å². The zero-order valence-corrected chi connectivity index (χ0v) is 19.2. The summed E-state index contributed by atoms with van der Waals surface area (Å²) in [4.78, 5) is 12.8. The van der Waals surface area contributed by atoms with Crippen molar-refractivity contribution in [1.29, 1.82) is 0 Å². The lowest BCUT2D eigenvalue weighted by atomic mass is 10.1. The molecule has 9 heteroatoms. The van der Waals surface area contributed by atoms with Gasteiger partial charge >= 0.3 is 6.03 Å². The van der Waals surface area contributed by atoms with Gasteiger partial charge in [-0.3, -0.25) is 4.72 Å². The lowest BCUT2D eigenvalue weighted by Gasteiger charge is -2.15. The summed E-state index contributed by atoms with van der Waals surface area (Å²) in [6.45, 7) is 0. The smallest absolute Gasteiger partial charge is 0.323 e. The maximum absolute atomic E-state index is 13.0. The molecule has 0 radical (unpaired) electrons. The van der Waals surface area contributed by atoms with Gasteiger partial charge in [-0.2, -0.15) is 11.3 Å². The number of methoxy groups -OCH3 is 1. The lowest BCUT2D eigenvalue weighted by Crippen LogP contribution is -2.21. The number of amides is 2. The molecule has 1 aromatic heterocycles. The van der Waals surface area contributed by atoms with Gasteiger partial charge in [-0.05, 0) is 58.8 Å². The molecule has 0 saturated carbocycles. The molecule has 0 fully saturated rings. The Bertz CT molecular complexity index is 1360.